The van der Waals surface area contributed by atoms with E-state index in [0.29, 0.717) is 41.3 Å². The Morgan fingerprint density at radius 3 is 2.23 bits per heavy atom. The molecular formula is C34H34ClF3N8O6. The fraction of sp³-hybridized carbons (Fsp3) is 0.441. The number of nitrogens with one attached hydrogen (secondary N) is 5. The zero-order chi connectivity index (χ0) is 37.0. The van der Waals surface area contributed by atoms with E-state index >= 15 is 0 Å². The number of methoxy groups -OCH3 is 1. The highest BCUT2D eigenvalue weighted by Gasteiger charge is 2.88. The SMILES string of the molecule is COC(=O)[C@H](CNC(=O)C(=O)N[C@H]1C[C@H]2C3C2[C@]31C)NC(=O)c1ccc(Nc2nc(NC3(c4ccc(Cl)cc4)CC3)nc(OCC(F)(F)F)n2)cc1. The summed E-state index contributed by atoms with van der Waals surface area (Å²) in [4.78, 5) is 62.9. The summed E-state index contributed by atoms with van der Waals surface area (Å²) in [7, 11) is 1.12. The molecule has 1 aromatic heterocycles. The Bertz CT molecular complexity index is 1900. The van der Waals surface area contributed by atoms with Gasteiger partial charge in [-0.25, -0.2) is 4.79 Å². The Kier molecular flexibility index (Phi) is 8.87. The highest BCUT2D eigenvalue weighted by molar-refractivity contribution is 6.35. The van der Waals surface area contributed by atoms with Crippen molar-refractivity contribution in [2.75, 3.05) is 30.9 Å². The quantitative estimate of drug-likeness (QED) is 0.128. The summed E-state index contributed by atoms with van der Waals surface area (Å²) in [6, 6.07) is 11.0. The van der Waals surface area contributed by atoms with Gasteiger partial charge in [0.25, 0.3) is 5.91 Å². The number of aromatic nitrogens is 3. The van der Waals surface area contributed by atoms with Crippen molar-refractivity contribution in [2.24, 2.45) is 23.2 Å². The lowest BCUT2D eigenvalue weighted by Crippen LogP contribution is -2.52. The summed E-state index contributed by atoms with van der Waals surface area (Å²) in [5, 5.41) is 14.3. The van der Waals surface area contributed by atoms with Gasteiger partial charge in [-0.15, -0.1) is 0 Å². The first-order valence-electron chi connectivity index (χ1n) is 16.5. The summed E-state index contributed by atoms with van der Waals surface area (Å²) >= 11 is 6.03. The van der Waals surface area contributed by atoms with Crippen LogP contribution in [-0.4, -0.2) is 77.2 Å². The van der Waals surface area contributed by atoms with Crippen LogP contribution in [0, 0.1) is 23.2 Å². The lowest BCUT2D eigenvalue weighted by atomic mass is 9.97. The van der Waals surface area contributed by atoms with Crippen molar-refractivity contribution in [3.05, 3.63) is 64.7 Å². The summed E-state index contributed by atoms with van der Waals surface area (Å²) in [5.41, 5.74) is 0.890. The highest BCUT2D eigenvalue weighted by atomic mass is 35.5. The van der Waals surface area contributed by atoms with Crippen LogP contribution in [0.4, 0.5) is 30.8 Å². The van der Waals surface area contributed by atoms with Crippen molar-refractivity contribution < 1.29 is 41.8 Å². The molecule has 3 aromatic rings. The minimum atomic E-state index is -4.63. The van der Waals surface area contributed by atoms with Crippen molar-refractivity contribution in [1.82, 2.24) is 30.9 Å². The maximum Gasteiger partial charge on any atom is 0.422 e. The average molecular weight is 743 g/mol. The number of alkyl halides is 3. The van der Waals surface area contributed by atoms with Crippen LogP contribution in [0.2, 0.25) is 5.02 Å². The monoisotopic (exact) mass is 742 g/mol. The predicted molar refractivity (Wildman–Crippen MR) is 178 cm³/mol. The third kappa shape index (κ3) is 7.13. The first-order valence-corrected chi connectivity index (χ1v) is 16.9. The average Bonchev–Trinajstić information content (AvgIpc) is 4.07. The minimum absolute atomic E-state index is 0.0260. The van der Waals surface area contributed by atoms with Gasteiger partial charge in [-0.1, -0.05) is 30.7 Å². The van der Waals surface area contributed by atoms with E-state index in [1.165, 1.54) is 24.3 Å². The van der Waals surface area contributed by atoms with Gasteiger partial charge in [0.1, 0.15) is 6.04 Å². The molecular weight excluding hydrogens is 709 g/mol. The second-order valence-corrected chi connectivity index (χ2v) is 14.1. The van der Waals surface area contributed by atoms with Gasteiger partial charge >= 0.3 is 30.0 Å². The Morgan fingerprint density at radius 1 is 0.962 bits per heavy atom. The van der Waals surface area contributed by atoms with Gasteiger partial charge in [0.2, 0.25) is 11.9 Å². The van der Waals surface area contributed by atoms with Crippen molar-refractivity contribution in [2.45, 2.75) is 50.0 Å². The van der Waals surface area contributed by atoms with E-state index in [1.807, 2.05) is 12.1 Å². The number of nitrogens with zero attached hydrogens (tertiary/aromatic N) is 3. The number of carbonyl (C=O) groups excluding carboxylic acids is 4. The maximum absolute atomic E-state index is 13.1. The van der Waals surface area contributed by atoms with E-state index < -0.39 is 60.6 Å². The number of amides is 3. The summed E-state index contributed by atoms with van der Waals surface area (Å²) in [5.74, 6) is -1.49. The normalized spacial score (nSPS) is 24.7. The molecule has 8 rings (SSSR count). The van der Waals surface area contributed by atoms with Crippen LogP contribution in [0.5, 0.6) is 6.01 Å². The van der Waals surface area contributed by atoms with Crippen molar-refractivity contribution >= 4 is 52.9 Å². The molecule has 0 spiro atoms. The number of benzene rings is 2. The van der Waals surface area contributed by atoms with Gasteiger partial charge < -0.3 is 36.1 Å². The van der Waals surface area contributed by atoms with Crippen molar-refractivity contribution in [3.63, 3.8) is 0 Å². The van der Waals surface area contributed by atoms with E-state index in [9.17, 15) is 32.3 Å². The summed E-state index contributed by atoms with van der Waals surface area (Å²) < 4.78 is 48.4. The predicted octanol–water partition coefficient (Wildman–Crippen LogP) is 3.47. The Morgan fingerprint density at radius 2 is 1.63 bits per heavy atom. The molecule has 14 nitrogen and oxygen atoms in total. The second-order valence-electron chi connectivity index (χ2n) is 13.7. The zero-order valence-electron chi connectivity index (χ0n) is 27.8. The van der Waals surface area contributed by atoms with E-state index in [2.05, 4.69) is 48.5 Å². The molecule has 2 bridgehead atoms. The number of rotatable bonds is 13. The van der Waals surface area contributed by atoms with E-state index in [4.69, 9.17) is 21.1 Å². The topological polar surface area (TPSA) is 186 Å². The Labute approximate surface area is 300 Å². The lowest BCUT2D eigenvalue weighted by Gasteiger charge is -2.21. The molecule has 0 aliphatic heterocycles. The van der Waals surface area contributed by atoms with Gasteiger partial charge in [0, 0.05) is 28.9 Å². The lowest BCUT2D eigenvalue weighted by molar-refractivity contribution is -0.154. The van der Waals surface area contributed by atoms with Crippen LogP contribution in [0.25, 0.3) is 0 Å². The van der Waals surface area contributed by atoms with E-state index in [0.717, 1.165) is 19.1 Å². The molecule has 5 N–H and O–H groups in total. The van der Waals surface area contributed by atoms with Crippen LogP contribution in [0.3, 0.4) is 0 Å². The molecule has 4 atom stereocenters. The molecule has 5 fully saturated rings. The second kappa shape index (κ2) is 13.1. The van der Waals surface area contributed by atoms with Gasteiger partial charge in [0.05, 0.1) is 12.6 Å². The summed E-state index contributed by atoms with van der Waals surface area (Å²) in [6.45, 7) is 0.0998. The smallest absolute Gasteiger partial charge is 0.422 e. The first-order chi connectivity index (χ1) is 24.7. The van der Waals surface area contributed by atoms with Crippen LogP contribution in [0.15, 0.2) is 48.5 Å². The molecule has 2 unspecified atom stereocenters. The first kappa shape index (κ1) is 35.2. The van der Waals surface area contributed by atoms with Gasteiger partial charge in [-0.2, -0.15) is 28.1 Å². The van der Waals surface area contributed by atoms with Crippen LogP contribution >= 0.6 is 11.6 Å². The van der Waals surface area contributed by atoms with Crippen LogP contribution < -0.4 is 31.3 Å². The number of anilines is 3. The van der Waals surface area contributed by atoms with Crippen molar-refractivity contribution in [3.8, 4) is 6.01 Å². The molecule has 5 aliphatic rings. The molecule has 18 heteroatoms. The number of fused-ring (bicyclic) bond motifs is 1. The number of carbonyl (C=O) groups is 4. The minimum Gasteiger partial charge on any atom is -0.467 e. The standard InChI is InChI=1S/C34H34ClF3N8O6/c1-32-22(13-20-23(32)24(20)32)42-27(49)26(48)39-14-21(28(50)51-2)41-25(47)16-3-9-19(10-4-16)40-29-43-30(45-31(44-29)52-15-34(36,37)38)46-33(11-12-33)17-5-7-18(35)8-6-17/h3-10,20-24H,11-15H2,1-2H3,(H,39,48)(H,41,47)(H,42,49)(H2,40,43,44,45,46)/t20-,21-,22-,23?,24?,32-/m0/s1. The van der Waals surface area contributed by atoms with Crippen molar-refractivity contribution in [1.29, 1.82) is 0 Å². The molecule has 1 heterocycles. The van der Waals surface area contributed by atoms with Gasteiger partial charge in [-0.05, 0) is 84.4 Å². The number of esters is 1. The molecule has 0 radical (unpaired) electrons. The van der Waals surface area contributed by atoms with Gasteiger partial charge in [-0.3, -0.25) is 14.4 Å². The largest absolute Gasteiger partial charge is 0.467 e. The molecule has 2 aromatic carbocycles. The van der Waals surface area contributed by atoms with E-state index in [-0.39, 0.29) is 28.9 Å². The third-order valence-corrected chi connectivity index (χ3v) is 10.7. The zero-order valence-corrected chi connectivity index (χ0v) is 28.6. The molecule has 0 saturated heterocycles. The molecule has 5 aliphatic carbocycles. The fourth-order valence-electron chi connectivity index (χ4n) is 7.46. The van der Waals surface area contributed by atoms with E-state index in [1.54, 1.807) is 12.1 Å². The third-order valence-electron chi connectivity index (χ3n) is 10.4. The molecule has 5 saturated carbocycles. The van der Waals surface area contributed by atoms with Crippen LogP contribution in [-0.2, 0) is 24.7 Å². The molecule has 52 heavy (non-hydrogen) atoms. The fourth-order valence-corrected chi connectivity index (χ4v) is 7.59. The maximum atomic E-state index is 13.1. The number of hydrogen-bond acceptors (Lipinski definition) is 11. The molecule has 274 valence electrons. The Balaban J connectivity index is 0.978. The highest BCUT2D eigenvalue weighted by Crippen LogP contribution is 2.89. The van der Waals surface area contributed by atoms with Gasteiger partial charge in [0.15, 0.2) is 6.61 Å². The summed E-state index contributed by atoms with van der Waals surface area (Å²) in [6.07, 6.45) is -2.35. The number of hydrogen-bond donors (Lipinski definition) is 5. The number of halogens is 4. The number of ether oxygens (including phenoxy) is 2. The van der Waals surface area contributed by atoms with Crippen LogP contribution in [0.1, 0.15) is 42.1 Å². The Hall–Kier alpha value is -5.19. The molecule has 3 amide bonds.